The molecule has 1 unspecified atom stereocenters. The minimum atomic E-state index is -2.21. The minimum absolute atomic E-state index is 0.128. The Hall–Kier alpha value is -2.08. The number of aliphatic hydroxyl groups is 3. The van der Waals surface area contributed by atoms with Gasteiger partial charge in [-0.2, -0.15) is 0 Å². The van der Waals surface area contributed by atoms with Gasteiger partial charge >= 0.3 is 17.9 Å². The molecule has 3 saturated carbocycles. The van der Waals surface area contributed by atoms with Crippen molar-refractivity contribution in [2.75, 3.05) is 13.7 Å². The van der Waals surface area contributed by atoms with Gasteiger partial charge in [-0.15, -0.1) is 0 Å². The Labute approximate surface area is 195 Å². The Morgan fingerprint density at radius 2 is 1.82 bits per heavy atom. The molecule has 5 fully saturated rings. The van der Waals surface area contributed by atoms with Gasteiger partial charge in [0.1, 0.15) is 18.3 Å². The number of esters is 3. The van der Waals surface area contributed by atoms with Gasteiger partial charge < -0.3 is 34.3 Å². The van der Waals surface area contributed by atoms with Gasteiger partial charge in [-0.05, 0) is 18.3 Å². The molecule has 1 spiro atoms. The molecule has 11 nitrogen and oxygen atoms in total. The number of Topliss-reactive ketones (excluding diaryl/α,β-unsaturated/α-hetero) is 1. The molecule has 0 aromatic carbocycles. The molecule has 5 rings (SSSR count). The van der Waals surface area contributed by atoms with Crippen LogP contribution in [0.3, 0.4) is 0 Å². The van der Waals surface area contributed by atoms with Crippen molar-refractivity contribution < 1.29 is 53.4 Å². The molecular weight excluding hydrogens is 452 g/mol. The van der Waals surface area contributed by atoms with Gasteiger partial charge in [0, 0.05) is 30.1 Å². The number of ether oxygens (including phenoxy) is 4. The molecule has 2 saturated heterocycles. The summed E-state index contributed by atoms with van der Waals surface area (Å²) >= 11 is 0. The Morgan fingerprint density at radius 1 is 1.15 bits per heavy atom. The van der Waals surface area contributed by atoms with Crippen LogP contribution >= 0.6 is 0 Å². The molecule has 188 valence electrons. The zero-order chi connectivity index (χ0) is 25.0. The van der Waals surface area contributed by atoms with E-state index in [4.69, 9.17) is 18.9 Å². The highest BCUT2D eigenvalue weighted by Gasteiger charge is 2.85. The predicted octanol–water partition coefficient (Wildman–Crippen LogP) is -1.26. The second-order valence-corrected chi connectivity index (χ2v) is 10.8. The number of rotatable bonds is 2. The Morgan fingerprint density at radius 3 is 2.44 bits per heavy atom. The average Bonchev–Trinajstić information content (AvgIpc) is 3.08. The normalized spacial score (nSPS) is 53.3. The lowest BCUT2D eigenvalue weighted by Crippen LogP contribution is -2.80. The lowest BCUT2D eigenvalue weighted by atomic mass is 9.37. The van der Waals surface area contributed by atoms with Crippen LogP contribution in [0.1, 0.15) is 33.6 Å². The fourth-order valence-corrected chi connectivity index (χ4v) is 8.41. The summed E-state index contributed by atoms with van der Waals surface area (Å²) in [6, 6.07) is 0. The third-order valence-electron chi connectivity index (χ3n) is 9.52. The van der Waals surface area contributed by atoms with E-state index in [1.54, 1.807) is 6.92 Å². The SMILES string of the molecule is COC(=O)[C@@]12OC[C@]34[C@H]([C@@H](O)[C@@H]1O)[C@@]1(C)[C@H](O)C(=O)CC(C)[C@@H]1C[C@H]3OC(=O)[C@H](OC(C)=O)[C@@H]24. The van der Waals surface area contributed by atoms with Crippen LogP contribution in [-0.2, 0) is 38.1 Å². The highest BCUT2D eigenvalue weighted by molar-refractivity contribution is 5.88. The smallest absolute Gasteiger partial charge is 0.348 e. The summed E-state index contributed by atoms with van der Waals surface area (Å²) in [6.07, 6.45) is -7.07. The summed E-state index contributed by atoms with van der Waals surface area (Å²) < 4.78 is 22.0. The van der Waals surface area contributed by atoms with Crippen LogP contribution in [0.2, 0.25) is 0 Å². The first kappa shape index (κ1) is 23.7. The number of aliphatic hydroxyl groups excluding tert-OH is 3. The van der Waals surface area contributed by atoms with Crippen LogP contribution < -0.4 is 0 Å². The van der Waals surface area contributed by atoms with E-state index >= 15 is 0 Å². The number of methoxy groups -OCH3 is 1. The maximum atomic E-state index is 13.1. The Bertz CT molecular complexity index is 965. The van der Waals surface area contributed by atoms with E-state index in [1.807, 2.05) is 6.92 Å². The summed E-state index contributed by atoms with van der Waals surface area (Å²) in [5, 5.41) is 34.1. The summed E-state index contributed by atoms with van der Waals surface area (Å²) in [5.41, 5.74) is -4.77. The van der Waals surface area contributed by atoms with E-state index in [2.05, 4.69) is 0 Å². The standard InChI is InChI=1S/C23H30O11/c1-8-5-11(25)17(27)21(3)10(8)6-12-22-7-32-23(20(30)31-4,18(28)13(26)15(21)22)16(22)14(19(29)34-12)33-9(2)24/h8,10,12-18,26-28H,5-7H2,1-4H3/t8?,10-,12+,13+,14+,15+,16+,17+,18-,21-,22+,23-/m0/s1. The van der Waals surface area contributed by atoms with Gasteiger partial charge in [0.15, 0.2) is 5.78 Å². The number of carbonyl (C=O) groups excluding carboxylic acids is 4. The van der Waals surface area contributed by atoms with Crippen molar-refractivity contribution in [3.8, 4) is 0 Å². The maximum Gasteiger partial charge on any atom is 0.348 e. The number of carbonyl (C=O) groups is 4. The van der Waals surface area contributed by atoms with E-state index in [9.17, 15) is 34.5 Å². The van der Waals surface area contributed by atoms with Gasteiger partial charge in [0.2, 0.25) is 11.7 Å². The van der Waals surface area contributed by atoms with Gasteiger partial charge in [-0.1, -0.05) is 13.8 Å². The van der Waals surface area contributed by atoms with E-state index in [0.717, 1.165) is 14.0 Å². The zero-order valence-electron chi connectivity index (χ0n) is 19.4. The van der Waals surface area contributed by atoms with Crippen molar-refractivity contribution in [2.45, 2.75) is 69.7 Å². The van der Waals surface area contributed by atoms with Gasteiger partial charge in [0.05, 0.1) is 25.7 Å². The molecule has 2 bridgehead atoms. The van der Waals surface area contributed by atoms with Crippen molar-refractivity contribution in [1.29, 1.82) is 0 Å². The molecule has 2 heterocycles. The van der Waals surface area contributed by atoms with E-state index in [1.165, 1.54) is 0 Å². The quantitative estimate of drug-likeness (QED) is 0.317. The van der Waals surface area contributed by atoms with Crippen LogP contribution in [-0.4, -0.2) is 88.8 Å². The van der Waals surface area contributed by atoms with E-state index in [-0.39, 0.29) is 37.1 Å². The van der Waals surface area contributed by atoms with Crippen LogP contribution in [0.15, 0.2) is 0 Å². The number of hydrogen-bond donors (Lipinski definition) is 3. The highest BCUT2D eigenvalue weighted by Crippen LogP contribution is 2.72. The van der Waals surface area contributed by atoms with E-state index in [0.29, 0.717) is 0 Å². The molecule has 3 aliphatic carbocycles. The molecule has 34 heavy (non-hydrogen) atoms. The Balaban J connectivity index is 1.78. The second-order valence-electron chi connectivity index (χ2n) is 10.8. The van der Waals surface area contributed by atoms with E-state index < -0.39 is 76.7 Å². The first-order chi connectivity index (χ1) is 15.9. The lowest BCUT2D eigenvalue weighted by molar-refractivity contribution is -0.306. The molecule has 0 aromatic rings. The van der Waals surface area contributed by atoms with Crippen molar-refractivity contribution in [1.82, 2.24) is 0 Å². The average molecular weight is 482 g/mol. The summed E-state index contributed by atoms with van der Waals surface area (Å²) in [7, 11) is 1.08. The number of ketones is 1. The predicted molar refractivity (Wildman–Crippen MR) is 109 cm³/mol. The molecule has 3 N–H and O–H groups in total. The van der Waals surface area contributed by atoms with Crippen LogP contribution in [0.25, 0.3) is 0 Å². The third kappa shape index (κ3) is 2.46. The molecule has 0 amide bonds. The third-order valence-corrected chi connectivity index (χ3v) is 9.52. The number of hydrogen-bond acceptors (Lipinski definition) is 11. The topological polar surface area (TPSA) is 166 Å². The first-order valence-corrected chi connectivity index (χ1v) is 11.6. The molecule has 5 aliphatic rings. The largest absolute Gasteiger partial charge is 0.467 e. The highest BCUT2D eigenvalue weighted by atomic mass is 16.6. The minimum Gasteiger partial charge on any atom is -0.467 e. The van der Waals surface area contributed by atoms with Crippen LogP contribution in [0, 0.1) is 34.5 Å². The molecular formula is C23H30O11. The van der Waals surface area contributed by atoms with Crippen LogP contribution in [0.5, 0.6) is 0 Å². The van der Waals surface area contributed by atoms with Crippen molar-refractivity contribution in [3.63, 3.8) is 0 Å². The fraction of sp³-hybridized carbons (Fsp3) is 0.826. The summed E-state index contributed by atoms with van der Waals surface area (Å²) in [4.78, 5) is 51.0. The molecule has 0 radical (unpaired) electrons. The lowest BCUT2D eigenvalue weighted by Gasteiger charge is -2.68. The van der Waals surface area contributed by atoms with Gasteiger partial charge in [0.25, 0.3) is 0 Å². The van der Waals surface area contributed by atoms with Crippen LogP contribution in [0.4, 0.5) is 0 Å². The molecule has 2 aliphatic heterocycles. The second kappa shape index (κ2) is 7.22. The van der Waals surface area contributed by atoms with Crippen molar-refractivity contribution in [2.24, 2.45) is 34.5 Å². The monoisotopic (exact) mass is 482 g/mol. The first-order valence-electron chi connectivity index (χ1n) is 11.6. The number of fused-ring (bicyclic) bond motifs is 2. The zero-order valence-corrected chi connectivity index (χ0v) is 19.4. The molecule has 12 atom stereocenters. The Kier molecular flexibility index (Phi) is 5.02. The van der Waals surface area contributed by atoms with Crippen molar-refractivity contribution >= 4 is 23.7 Å². The van der Waals surface area contributed by atoms with Crippen molar-refractivity contribution in [3.05, 3.63) is 0 Å². The maximum absolute atomic E-state index is 13.1. The molecule has 0 aromatic heterocycles. The van der Waals surface area contributed by atoms with Gasteiger partial charge in [-0.3, -0.25) is 9.59 Å². The summed E-state index contributed by atoms with van der Waals surface area (Å²) in [6.45, 7) is 4.42. The fourth-order valence-electron chi connectivity index (χ4n) is 8.41. The van der Waals surface area contributed by atoms with Gasteiger partial charge in [-0.25, -0.2) is 9.59 Å². The molecule has 11 heteroatoms. The summed E-state index contributed by atoms with van der Waals surface area (Å²) in [5.74, 6) is -5.91.